The zero-order valence-electron chi connectivity index (χ0n) is 23.3. The summed E-state index contributed by atoms with van der Waals surface area (Å²) in [5.41, 5.74) is 4.24. The lowest BCUT2D eigenvalue weighted by Gasteiger charge is -2.49. The minimum atomic E-state index is -0.404. The molecule has 0 bridgehead atoms. The van der Waals surface area contributed by atoms with Gasteiger partial charge in [0, 0.05) is 55.0 Å². The third-order valence-corrected chi connectivity index (χ3v) is 8.38. The second-order valence-electron chi connectivity index (χ2n) is 12.1. The van der Waals surface area contributed by atoms with Crippen LogP contribution >= 0.6 is 22.6 Å². The lowest BCUT2D eigenvalue weighted by atomic mass is 9.63. The number of carbonyl (C=O) groups is 2. The molecule has 1 aromatic rings. The summed E-state index contributed by atoms with van der Waals surface area (Å²) in [4.78, 5) is 30.0. The van der Waals surface area contributed by atoms with Crippen molar-refractivity contribution in [2.75, 3.05) is 34.0 Å². The largest absolute Gasteiger partial charge is 0.493 e. The number of Topliss-reactive ketones (excluding diaryl/α,β-unsaturated/α-hetero) is 2. The van der Waals surface area contributed by atoms with E-state index in [4.69, 9.17) is 14.2 Å². The predicted molar refractivity (Wildman–Crippen MR) is 153 cm³/mol. The number of rotatable bonds is 8. The van der Waals surface area contributed by atoms with Crippen LogP contribution in [0.5, 0.6) is 11.5 Å². The molecule has 0 N–H and O–H groups in total. The van der Waals surface area contributed by atoms with Gasteiger partial charge in [-0.05, 0) is 70.4 Å². The summed E-state index contributed by atoms with van der Waals surface area (Å²) in [6, 6.07) is 4.04. The fourth-order valence-electron chi connectivity index (χ4n) is 6.08. The van der Waals surface area contributed by atoms with Gasteiger partial charge in [0.25, 0.3) is 0 Å². The second-order valence-corrected chi connectivity index (χ2v) is 13.2. The van der Waals surface area contributed by atoms with E-state index in [0.717, 1.165) is 50.9 Å². The lowest BCUT2D eigenvalue weighted by Crippen LogP contribution is -2.45. The summed E-state index contributed by atoms with van der Waals surface area (Å²) in [6.45, 7) is 12.4. The summed E-state index contributed by atoms with van der Waals surface area (Å²) in [5, 5.41) is 0. The van der Waals surface area contributed by atoms with Crippen LogP contribution < -0.4 is 9.47 Å². The number of allylic oxidation sites excluding steroid dienone is 4. The number of halogens is 1. The molecule has 0 radical (unpaired) electrons. The van der Waals surface area contributed by atoms with Crippen molar-refractivity contribution in [3.63, 3.8) is 0 Å². The van der Waals surface area contributed by atoms with Gasteiger partial charge in [-0.3, -0.25) is 9.59 Å². The molecule has 0 fully saturated rings. The van der Waals surface area contributed by atoms with E-state index in [1.54, 1.807) is 14.2 Å². The van der Waals surface area contributed by atoms with Gasteiger partial charge in [0.1, 0.15) is 0 Å². The number of ketones is 2. The van der Waals surface area contributed by atoms with Crippen LogP contribution in [0.2, 0.25) is 0 Å². The molecule has 0 aromatic heterocycles. The van der Waals surface area contributed by atoms with Gasteiger partial charge >= 0.3 is 0 Å². The first-order valence-electron chi connectivity index (χ1n) is 13.2. The van der Waals surface area contributed by atoms with Gasteiger partial charge < -0.3 is 19.1 Å². The zero-order valence-corrected chi connectivity index (χ0v) is 25.4. The normalized spacial score (nSPS) is 21.2. The smallest absolute Gasteiger partial charge is 0.174 e. The van der Waals surface area contributed by atoms with Gasteiger partial charge in [-0.1, -0.05) is 34.6 Å². The molecule has 3 aliphatic rings. The SMILES string of the molecule is CCCOc1c(I)cc(C2C3=C(CC(C)(C)CC3=O)N(CCOC)C3=C2C(=O)CC(C)(C)C3)cc1OC. The van der Waals surface area contributed by atoms with E-state index in [2.05, 4.69) is 68.2 Å². The Labute approximate surface area is 234 Å². The van der Waals surface area contributed by atoms with E-state index < -0.39 is 5.92 Å². The molecule has 1 aliphatic heterocycles. The number of benzene rings is 1. The molecular weight excluding hydrogens is 581 g/mol. The number of ether oxygens (including phenoxy) is 3. The molecule has 6 nitrogen and oxygen atoms in total. The van der Waals surface area contributed by atoms with Gasteiger partial charge in [0.05, 0.1) is 23.9 Å². The standard InChI is InChI=1S/C30H40INO5/c1-8-10-37-28-19(31)12-18(13-24(28)36-7)25-26-20(14-29(2,3)16-22(26)33)32(9-11-35-6)21-15-30(4,5)17-23(34)27(21)25/h12-13,25H,8-11,14-17H2,1-7H3. The van der Waals surface area contributed by atoms with Crippen molar-refractivity contribution in [1.29, 1.82) is 0 Å². The van der Waals surface area contributed by atoms with Crippen LogP contribution in [0.25, 0.3) is 0 Å². The fraction of sp³-hybridized carbons (Fsp3) is 0.600. The number of methoxy groups -OCH3 is 2. The summed E-state index contributed by atoms with van der Waals surface area (Å²) in [7, 11) is 3.33. The van der Waals surface area contributed by atoms with Crippen LogP contribution in [-0.4, -0.2) is 50.4 Å². The highest BCUT2D eigenvalue weighted by Gasteiger charge is 2.49. The average Bonchev–Trinajstić information content (AvgIpc) is 2.79. The molecule has 1 aromatic carbocycles. The molecule has 0 unspecified atom stereocenters. The van der Waals surface area contributed by atoms with Crippen LogP contribution in [0.1, 0.15) is 78.2 Å². The van der Waals surface area contributed by atoms with Crippen molar-refractivity contribution in [1.82, 2.24) is 4.90 Å². The Bertz CT molecular complexity index is 1110. The van der Waals surface area contributed by atoms with Crippen LogP contribution in [0.3, 0.4) is 0 Å². The summed E-state index contributed by atoms with van der Waals surface area (Å²) < 4.78 is 18.2. The van der Waals surface area contributed by atoms with Crippen molar-refractivity contribution >= 4 is 34.2 Å². The lowest BCUT2D eigenvalue weighted by molar-refractivity contribution is -0.119. The Morgan fingerprint density at radius 2 is 1.49 bits per heavy atom. The molecule has 202 valence electrons. The van der Waals surface area contributed by atoms with Gasteiger partial charge in [-0.25, -0.2) is 0 Å². The van der Waals surface area contributed by atoms with E-state index >= 15 is 0 Å². The minimum Gasteiger partial charge on any atom is -0.493 e. The Kier molecular flexibility index (Phi) is 8.15. The third kappa shape index (κ3) is 5.49. The predicted octanol–water partition coefficient (Wildman–Crippen LogP) is 6.42. The molecule has 0 atom stereocenters. The van der Waals surface area contributed by atoms with Crippen LogP contribution in [0.4, 0.5) is 0 Å². The Morgan fingerprint density at radius 3 is 1.97 bits per heavy atom. The van der Waals surface area contributed by atoms with Crippen LogP contribution in [0.15, 0.2) is 34.7 Å². The number of carbonyl (C=O) groups excluding carboxylic acids is 2. The summed E-state index contributed by atoms with van der Waals surface area (Å²) in [6.07, 6.45) is 3.39. The maximum absolute atomic E-state index is 13.9. The molecule has 0 saturated heterocycles. The highest BCUT2D eigenvalue weighted by Crippen LogP contribution is 2.55. The highest BCUT2D eigenvalue weighted by molar-refractivity contribution is 14.1. The van der Waals surface area contributed by atoms with Crippen molar-refractivity contribution < 1.29 is 23.8 Å². The van der Waals surface area contributed by atoms with Gasteiger partial charge in [-0.15, -0.1) is 0 Å². The van der Waals surface area contributed by atoms with Crippen molar-refractivity contribution in [3.05, 3.63) is 43.8 Å². The van der Waals surface area contributed by atoms with E-state index in [0.29, 0.717) is 44.1 Å². The van der Waals surface area contributed by atoms with Gasteiger partial charge in [0.15, 0.2) is 23.1 Å². The van der Waals surface area contributed by atoms with Crippen LogP contribution in [-0.2, 0) is 14.3 Å². The van der Waals surface area contributed by atoms with E-state index in [9.17, 15) is 9.59 Å². The second kappa shape index (κ2) is 10.7. The maximum Gasteiger partial charge on any atom is 0.174 e. The van der Waals surface area contributed by atoms with Crippen LogP contribution in [0, 0.1) is 14.4 Å². The molecule has 0 saturated carbocycles. The Balaban J connectivity index is 1.98. The fourth-order valence-corrected chi connectivity index (χ4v) is 6.87. The molecule has 7 heteroatoms. The first-order valence-corrected chi connectivity index (χ1v) is 14.3. The first-order chi connectivity index (χ1) is 17.4. The van der Waals surface area contributed by atoms with Crippen molar-refractivity contribution in [3.8, 4) is 11.5 Å². The number of hydrogen-bond donors (Lipinski definition) is 0. The van der Waals surface area contributed by atoms with E-state index in [-0.39, 0.29) is 22.4 Å². The van der Waals surface area contributed by atoms with E-state index in [1.807, 2.05) is 6.07 Å². The van der Waals surface area contributed by atoms with Gasteiger partial charge in [-0.2, -0.15) is 0 Å². The molecule has 37 heavy (non-hydrogen) atoms. The first kappa shape index (κ1) is 28.1. The molecule has 4 rings (SSSR count). The number of hydrogen-bond acceptors (Lipinski definition) is 6. The zero-order chi connectivity index (χ0) is 27.1. The van der Waals surface area contributed by atoms with Gasteiger partial charge in [0.2, 0.25) is 0 Å². The molecular formula is C30H40INO5. The Hall–Kier alpha value is -1.87. The maximum atomic E-state index is 13.9. The average molecular weight is 622 g/mol. The third-order valence-electron chi connectivity index (χ3n) is 7.58. The monoisotopic (exact) mass is 621 g/mol. The molecule has 0 amide bonds. The topological polar surface area (TPSA) is 65.1 Å². The van der Waals surface area contributed by atoms with Crippen molar-refractivity contribution in [2.24, 2.45) is 10.8 Å². The minimum absolute atomic E-state index is 0.128. The molecule has 2 aliphatic carbocycles. The number of nitrogens with zero attached hydrogens (tertiary/aromatic N) is 1. The summed E-state index contributed by atoms with van der Waals surface area (Å²) in [5.74, 6) is 1.19. The molecule has 1 heterocycles. The van der Waals surface area contributed by atoms with Crippen molar-refractivity contribution in [2.45, 2.75) is 72.6 Å². The quantitative estimate of drug-likeness (QED) is 0.313. The highest BCUT2D eigenvalue weighted by atomic mass is 127. The molecule has 0 spiro atoms. The summed E-state index contributed by atoms with van der Waals surface area (Å²) >= 11 is 2.28. The van der Waals surface area contributed by atoms with E-state index in [1.165, 1.54) is 0 Å². The Morgan fingerprint density at radius 1 is 0.919 bits per heavy atom.